The van der Waals surface area contributed by atoms with E-state index in [1.165, 1.54) is 6.07 Å². The summed E-state index contributed by atoms with van der Waals surface area (Å²) in [6.07, 6.45) is 5.84. The number of carbonyl (C=O) groups is 1. The molecule has 1 aromatic heterocycles. The molecule has 4 heteroatoms. The number of nitrogens with zero attached hydrogens (tertiary/aromatic N) is 1. The van der Waals surface area contributed by atoms with Gasteiger partial charge in [-0.05, 0) is 79.7 Å². The van der Waals surface area contributed by atoms with E-state index in [2.05, 4.69) is 11.1 Å². The minimum absolute atomic E-state index is 0.0258. The van der Waals surface area contributed by atoms with Crippen molar-refractivity contribution in [2.24, 2.45) is 11.7 Å². The minimum atomic E-state index is -0.183. The molecule has 1 heterocycles. The molecule has 4 rings (SSSR count). The summed E-state index contributed by atoms with van der Waals surface area (Å²) in [4.78, 5) is 17.7. The zero-order valence-electron chi connectivity index (χ0n) is 15.0. The Morgan fingerprint density at radius 1 is 1.04 bits per heavy atom. The first-order chi connectivity index (χ1) is 12.7. The van der Waals surface area contributed by atoms with Crippen LogP contribution >= 0.6 is 0 Å². The molecule has 0 bridgehead atoms. The van der Waals surface area contributed by atoms with E-state index in [1.54, 1.807) is 12.1 Å². The van der Waals surface area contributed by atoms with Gasteiger partial charge in [-0.2, -0.15) is 0 Å². The molecule has 2 aromatic rings. The number of hydrogen-bond acceptors (Lipinski definition) is 3. The van der Waals surface area contributed by atoms with Crippen molar-refractivity contribution in [2.45, 2.75) is 56.9 Å². The topological polar surface area (TPSA) is 56.0 Å². The summed E-state index contributed by atoms with van der Waals surface area (Å²) in [5.41, 5.74) is 9.33. The number of carbonyl (C=O) groups excluding carboxylic acids is 1. The van der Waals surface area contributed by atoms with Gasteiger partial charge >= 0.3 is 0 Å². The third kappa shape index (κ3) is 3.56. The van der Waals surface area contributed by atoms with Gasteiger partial charge in [0.2, 0.25) is 0 Å². The monoisotopic (exact) mass is 352 g/mol. The lowest BCUT2D eigenvalue weighted by atomic mass is 9.76. The Hall–Kier alpha value is -2.07. The van der Waals surface area contributed by atoms with E-state index in [-0.39, 0.29) is 17.5 Å². The van der Waals surface area contributed by atoms with E-state index in [9.17, 15) is 9.18 Å². The average Bonchev–Trinajstić information content (AvgIpc) is 3.52. The average molecular weight is 352 g/mol. The smallest absolute Gasteiger partial charge is 0.184 e. The molecule has 0 radical (unpaired) electrons. The maximum atomic E-state index is 13.5. The first-order valence-electron chi connectivity index (χ1n) is 9.65. The number of halogens is 1. The van der Waals surface area contributed by atoms with Crippen LogP contribution in [0, 0.1) is 11.7 Å². The van der Waals surface area contributed by atoms with E-state index in [0.717, 1.165) is 55.3 Å². The molecular weight excluding hydrogens is 327 g/mol. The first kappa shape index (κ1) is 17.3. The number of benzene rings is 1. The Balaban J connectivity index is 1.48. The van der Waals surface area contributed by atoms with Gasteiger partial charge in [-0.25, -0.2) is 9.37 Å². The standard InChI is InChI=1S/C22H25FN2O/c23-18-3-1-2-17(12-18)14-4-8-16(9-5-14)22(26)21-20(15-6-7-15)11-10-19(13-24)25-21/h1-3,10-12,14-16H,4-9,13,24H2. The fraction of sp³-hybridized carbons (Fsp3) is 0.455. The maximum absolute atomic E-state index is 13.5. The molecule has 0 saturated heterocycles. The Labute approximate surface area is 153 Å². The highest BCUT2D eigenvalue weighted by Crippen LogP contribution is 2.43. The molecule has 2 aliphatic rings. The zero-order chi connectivity index (χ0) is 18.1. The highest BCUT2D eigenvalue weighted by atomic mass is 19.1. The predicted octanol–water partition coefficient (Wildman–Crippen LogP) is 4.71. The molecule has 2 saturated carbocycles. The van der Waals surface area contributed by atoms with Crippen LogP contribution in [0.1, 0.15) is 77.7 Å². The molecule has 26 heavy (non-hydrogen) atoms. The Morgan fingerprint density at radius 3 is 2.42 bits per heavy atom. The van der Waals surface area contributed by atoms with Crippen LogP contribution < -0.4 is 5.73 Å². The first-order valence-corrected chi connectivity index (χ1v) is 9.65. The number of ketones is 1. The molecule has 0 atom stereocenters. The Kier molecular flexibility index (Phi) is 4.86. The van der Waals surface area contributed by atoms with Crippen molar-refractivity contribution in [1.82, 2.24) is 4.98 Å². The quantitative estimate of drug-likeness (QED) is 0.793. The summed E-state index contributed by atoms with van der Waals surface area (Å²) in [5.74, 6) is 0.869. The second-order valence-corrected chi connectivity index (χ2v) is 7.69. The lowest BCUT2D eigenvalue weighted by molar-refractivity contribution is 0.0877. The SMILES string of the molecule is NCc1ccc(C2CC2)c(C(=O)C2CCC(c3cccc(F)c3)CC2)n1. The van der Waals surface area contributed by atoms with E-state index in [0.29, 0.717) is 24.1 Å². The molecule has 0 amide bonds. The minimum Gasteiger partial charge on any atom is -0.325 e. The molecule has 0 aliphatic heterocycles. The number of nitrogens with two attached hydrogens (primary N) is 1. The predicted molar refractivity (Wildman–Crippen MR) is 99.5 cm³/mol. The van der Waals surface area contributed by atoms with Gasteiger partial charge in [0.25, 0.3) is 0 Å². The van der Waals surface area contributed by atoms with Crippen molar-refractivity contribution in [3.05, 3.63) is 64.7 Å². The van der Waals surface area contributed by atoms with Gasteiger partial charge in [0.15, 0.2) is 5.78 Å². The second kappa shape index (κ2) is 7.28. The van der Waals surface area contributed by atoms with Crippen LogP contribution in [0.25, 0.3) is 0 Å². The largest absolute Gasteiger partial charge is 0.325 e. The molecule has 1 aromatic carbocycles. The van der Waals surface area contributed by atoms with Gasteiger partial charge in [0.05, 0.1) is 5.69 Å². The van der Waals surface area contributed by atoms with Gasteiger partial charge in [0.1, 0.15) is 11.5 Å². The number of rotatable bonds is 5. The molecule has 2 N–H and O–H groups in total. The highest BCUT2D eigenvalue weighted by Gasteiger charge is 2.33. The van der Waals surface area contributed by atoms with Gasteiger partial charge < -0.3 is 5.73 Å². The molecule has 2 aliphatic carbocycles. The number of pyridine rings is 1. The highest BCUT2D eigenvalue weighted by molar-refractivity contribution is 5.97. The van der Waals surface area contributed by atoms with Gasteiger partial charge in [0, 0.05) is 12.5 Å². The molecule has 0 unspecified atom stereocenters. The molecular formula is C22H25FN2O. The zero-order valence-corrected chi connectivity index (χ0v) is 15.0. The van der Waals surface area contributed by atoms with Crippen molar-refractivity contribution >= 4 is 5.78 Å². The van der Waals surface area contributed by atoms with E-state index in [4.69, 9.17) is 5.73 Å². The second-order valence-electron chi connectivity index (χ2n) is 7.69. The van der Waals surface area contributed by atoms with Crippen LogP contribution in [-0.4, -0.2) is 10.8 Å². The molecule has 136 valence electrons. The van der Waals surface area contributed by atoms with Crippen molar-refractivity contribution < 1.29 is 9.18 Å². The number of Topliss-reactive ketones (excluding diaryl/α,β-unsaturated/α-hetero) is 1. The lowest BCUT2D eigenvalue weighted by Crippen LogP contribution is -2.23. The summed E-state index contributed by atoms with van der Waals surface area (Å²) in [7, 11) is 0. The Bertz CT molecular complexity index is 808. The third-order valence-corrected chi connectivity index (χ3v) is 5.86. The fourth-order valence-electron chi connectivity index (χ4n) is 4.19. The van der Waals surface area contributed by atoms with Crippen molar-refractivity contribution in [3.63, 3.8) is 0 Å². The molecule has 2 fully saturated rings. The van der Waals surface area contributed by atoms with Crippen LogP contribution in [0.2, 0.25) is 0 Å². The van der Waals surface area contributed by atoms with Crippen LogP contribution in [0.4, 0.5) is 4.39 Å². The van der Waals surface area contributed by atoms with E-state index >= 15 is 0 Å². The van der Waals surface area contributed by atoms with Crippen LogP contribution in [-0.2, 0) is 6.54 Å². The van der Waals surface area contributed by atoms with Crippen LogP contribution in [0.5, 0.6) is 0 Å². The van der Waals surface area contributed by atoms with Crippen LogP contribution in [0.3, 0.4) is 0 Å². The van der Waals surface area contributed by atoms with Gasteiger partial charge in [-0.15, -0.1) is 0 Å². The van der Waals surface area contributed by atoms with Gasteiger partial charge in [-0.1, -0.05) is 18.2 Å². The van der Waals surface area contributed by atoms with Crippen molar-refractivity contribution in [3.8, 4) is 0 Å². The molecule has 3 nitrogen and oxygen atoms in total. The van der Waals surface area contributed by atoms with E-state index in [1.807, 2.05) is 12.1 Å². The summed E-state index contributed by atoms with van der Waals surface area (Å²) < 4.78 is 13.5. The fourth-order valence-corrected chi connectivity index (χ4v) is 4.19. The van der Waals surface area contributed by atoms with Crippen LogP contribution in [0.15, 0.2) is 36.4 Å². The Morgan fingerprint density at radius 2 is 1.77 bits per heavy atom. The summed E-state index contributed by atoms with van der Waals surface area (Å²) in [6.45, 7) is 0.359. The van der Waals surface area contributed by atoms with Crippen molar-refractivity contribution in [1.29, 1.82) is 0 Å². The molecule has 0 spiro atoms. The summed E-state index contributed by atoms with van der Waals surface area (Å²) >= 11 is 0. The van der Waals surface area contributed by atoms with E-state index < -0.39 is 0 Å². The van der Waals surface area contributed by atoms with Gasteiger partial charge in [-0.3, -0.25) is 4.79 Å². The van der Waals surface area contributed by atoms with Crippen molar-refractivity contribution in [2.75, 3.05) is 0 Å². The number of hydrogen-bond donors (Lipinski definition) is 1. The number of aromatic nitrogens is 1. The summed E-state index contributed by atoms with van der Waals surface area (Å²) in [5, 5.41) is 0. The maximum Gasteiger partial charge on any atom is 0.184 e. The summed E-state index contributed by atoms with van der Waals surface area (Å²) in [6, 6.07) is 10.9. The lowest BCUT2D eigenvalue weighted by Gasteiger charge is -2.28. The normalized spacial score (nSPS) is 23.0. The third-order valence-electron chi connectivity index (χ3n) is 5.86.